The molecule has 2 N–H and O–H groups in total. The maximum absolute atomic E-state index is 5.79. The van der Waals surface area contributed by atoms with Gasteiger partial charge in [-0.1, -0.05) is 11.3 Å². The minimum atomic E-state index is 0.667. The lowest BCUT2D eigenvalue weighted by Gasteiger charge is -2.06. The lowest BCUT2D eigenvalue weighted by Crippen LogP contribution is -2.01. The quantitative estimate of drug-likeness (QED) is 0.769. The van der Waals surface area contributed by atoms with Crippen LogP contribution in [-0.2, 0) is 0 Å². The molecule has 0 fully saturated rings. The van der Waals surface area contributed by atoms with E-state index in [0.29, 0.717) is 5.69 Å². The fourth-order valence-corrected chi connectivity index (χ4v) is 1.66. The number of nitrogens with zero attached hydrogens (tertiary/aromatic N) is 3. The van der Waals surface area contributed by atoms with Crippen LogP contribution in [0, 0.1) is 0 Å². The third-order valence-corrected chi connectivity index (χ3v) is 2.31. The van der Waals surface area contributed by atoms with E-state index in [1.807, 2.05) is 18.2 Å². The summed E-state index contributed by atoms with van der Waals surface area (Å²) in [6, 6.07) is 5.61. The number of anilines is 1. The molecule has 0 saturated carbocycles. The molecule has 1 aromatic heterocycles. The molecule has 1 heterocycles. The van der Waals surface area contributed by atoms with Crippen LogP contribution < -0.4 is 5.73 Å². The molecule has 0 aliphatic heterocycles. The average Bonchev–Trinajstić information content (AvgIpc) is 2.57. The fraction of sp³-hybridized carbons (Fsp3) is 0. The summed E-state index contributed by atoms with van der Waals surface area (Å²) in [4.78, 5) is 0. The molecule has 66 valence electrons. The molecule has 0 unspecified atom stereocenters. The Balaban J connectivity index is 2.64. The number of halogens is 1. The van der Waals surface area contributed by atoms with E-state index in [-0.39, 0.29) is 0 Å². The number of nitrogens with two attached hydrogens (primary N) is 1. The highest BCUT2D eigenvalue weighted by Crippen LogP contribution is 2.25. The second-order valence-corrected chi connectivity index (χ2v) is 3.38. The second kappa shape index (κ2) is 3.18. The van der Waals surface area contributed by atoms with Gasteiger partial charge in [0.05, 0.1) is 18.1 Å². The normalized spacial score (nSPS) is 10.2. The van der Waals surface area contributed by atoms with Crippen LogP contribution in [0.3, 0.4) is 0 Å². The van der Waals surface area contributed by atoms with Crippen LogP contribution in [-0.4, -0.2) is 15.0 Å². The molecule has 0 radical (unpaired) electrons. The van der Waals surface area contributed by atoms with Crippen molar-refractivity contribution in [1.82, 2.24) is 15.0 Å². The highest BCUT2D eigenvalue weighted by molar-refractivity contribution is 9.10. The van der Waals surface area contributed by atoms with Crippen molar-refractivity contribution in [2.24, 2.45) is 0 Å². The van der Waals surface area contributed by atoms with E-state index < -0.39 is 0 Å². The van der Waals surface area contributed by atoms with Gasteiger partial charge in [0.2, 0.25) is 0 Å². The van der Waals surface area contributed by atoms with E-state index in [0.717, 1.165) is 10.2 Å². The Labute approximate surface area is 83.5 Å². The number of hydrogen-bond donors (Lipinski definition) is 1. The zero-order valence-electron chi connectivity index (χ0n) is 6.68. The van der Waals surface area contributed by atoms with E-state index in [4.69, 9.17) is 5.73 Å². The van der Waals surface area contributed by atoms with Gasteiger partial charge in [-0.15, -0.1) is 5.10 Å². The standard InChI is InChI=1S/C8H7BrN4/c9-6-2-1-3-7(10)8(6)13-5-4-11-12-13/h1-5H,10H2. The summed E-state index contributed by atoms with van der Waals surface area (Å²) in [5.41, 5.74) is 7.28. The molecule has 0 bridgehead atoms. The number of rotatable bonds is 1. The van der Waals surface area contributed by atoms with Crippen molar-refractivity contribution in [3.05, 3.63) is 35.1 Å². The average molecular weight is 239 g/mol. The smallest absolute Gasteiger partial charge is 0.103 e. The van der Waals surface area contributed by atoms with Crippen molar-refractivity contribution in [3.63, 3.8) is 0 Å². The Morgan fingerprint density at radius 3 is 2.85 bits per heavy atom. The van der Waals surface area contributed by atoms with Gasteiger partial charge < -0.3 is 5.73 Å². The van der Waals surface area contributed by atoms with Gasteiger partial charge in [0.1, 0.15) is 5.69 Å². The molecule has 0 atom stereocenters. The van der Waals surface area contributed by atoms with E-state index in [9.17, 15) is 0 Å². The van der Waals surface area contributed by atoms with Crippen molar-refractivity contribution in [2.75, 3.05) is 5.73 Å². The molecule has 2 rings (SSSR count). The molecular formula is C8H7BrN4. The molecule has 0 saturated heterocycles. The number of benzene rings is 1. The number of para-hydroxylation sites is 1. The lowest BCUT2D eigenvalue weighted by atomic mass is 10.3. The van der Waals surface area contributed by atoms with Crippen LogP contribution in [0.1, 0.15) is 0 Å². The summed E-state index contributed by atoms with van der Waals surface area (Å²) in [7, 11) is 0. The molecule has 0 aliphatic rings. The third kappa shape index (κ3) is 1.42. The van der Waals surface area contributed by atoms with E-state index >= 15 is 0 Å². The van der Waals surface area contributed by atoms with Gasteiger partial charge in [0, 0.05) is 4.47 Å². The predicted molar refractivity (Wildman–Crippen MR) is 53.5 cm³/mol. The van der Waals surface area contributed by atoms with Crippen LogP contribution in [0.5, 0.6) is 0 Å². The Bertz CT molecular complexity index is 390. The largest absolute Gasteiger partial charge is 0.397 e. The summed E-state index contributed by atoms with van der Waals surface area (Å²) in [6.07, 6.45) is 3.36. The minimum absolute atomic E-state index is 0.667. The summed E-state index contributed by atoms with van der Waals surface area (Å²) in [5.74, 6) is 0. The van der Waals surface area contributed by atoms with Crippen LogP contribution in [0.4, 0.5) is 5.69 Å². The Hall–Kier alpha value is -1.36. The number of aromatic nitrogens is 3. The molecule has 0 spiro atoms. The SMILES string of the molecule is Nc1cccc(Br)c1-n1ccnn1. The summed E-state index contributed by atoms with van der Waals surface area (Å²) >= 11 is 3.40. The zero-order chi connectivity index (χ0) is 9.26. The third-order valence-electron chi connectivity index (χ3n) is 1.67. The van der Waals surface area contributed by atoms with Crippen LogP contribution in [0.2, 0.25) is 0 Å². The maximum Gasteiger partial charge on any atom is 0.103 e. The molecular weight excluding hydrogens is 232 g/mol. The second-order valence-electron chi connectivity index (χ2n) is 2.53. The first kappa shape index (κ1) is 8.25. The Kier molecular flexibility index (Phi) is 2.02. The van der Waals surface area contributed by atoms with Crippen molar-refractivity contribution < 1.29 is 0 Å². The molecule has 4 nitrogen and oxygen atoms in total. The molecule has 13 heavy (non-hydrogen) atoms. The van der Waals surface area contributed by atoms with Gasteiger partial charge >= 0.3 is 0 Å². The highest BCUT2D eigenvalue weighted by atomic mass is 79.9. The van der Waals surface area contributed by atoms with Gasteiger partial charge in [-0.25, -0.2) is 4.68 Å². The molecule has 5 heteroatoms. The first-order valence-electron chi connectivity index (χ1n) is 3.70. The Morgan fingerprint density at radius 1 is 1.38 bits per heavy atom. The topological polar surface area (TPSA) is 56.7 Å². The molecule has 0 amide bonds. The van der Waals surface area contributed by atoms with Gasteiger partial charge in [0.25, 0.3) is 0 Å². The van der Waals surface area contributed by atoms with Crippen LogP contribution >= 0.6 is 15.9 Å². The van der Waals surface area contributed by atoms with Crippen molar-refractivity contribution in [2.45, 2.75) is 0 Å². The van der Waals surface area contributed by atoms with E-state index in [1.54, 1.807) is 17.1 Å². The zero-order valence-corrected chi connectivity index (χ0v) is 8.27. The lowest BCUT2D eigenvalue weighted by molar-refractivity contribution is 0.802. The van der Waals surface area contributed by atoms with E-state index in [2.05, 4.69) is 26.2 Å². The first-order chi connectivity index (χ1) is 6.29. The van der Waals surface area contributed by atoms with Crippen molar-refractivity contribution in [1.29, 1.82) is 0 Å². The molecule has 2 aromatic rings. The van der Waals surface area contributed by atoms with E-state index in [1.165, 1.54) is 0 Å². The number of nitrogen functional groups attached to an aromatic ring is 1. The predicted octanol–water partition coefficient (Wildman–Crippen LogP) is 1.61. The van der Waals surface area contributed by atoms with Crippen molar-refractivity contribution >= 4 is 21.6 Å². The monoisotopic (exact) mass is 238 g/mol. The number of hydrogen-bond acceptors (Lipinski definition) is 3. The van der Waals surface area contributed by atoms with Crippen LogP contribution in [0.15, 0.2) is 35.1 Å². The van der Waals surface area contributed by atoms with Gasteiger partial charge in [-0.05, 0) is 28.1 Å². The van der Waals surface area contributed by atoms with Gasteiger partial charge in [-0.3, -0.25) is 0 Å². The molecule has 0 aliphatic carbocycles. The summed E-state index contributed by atoms with van der Waals surface area (Å²) in [5, 5.41) is 7.58. The summed E-state index contributed by atoms with van der Waals surface area (Å²) in [6.45, 7) is 0. The van der Waals surface area contributed by atoms with Gasteiger partial charge in [-0.2, -0.15) is 0 Å². The minimum Gasteiger partial charge on any atom is -0.397 e. The maximum atomic E-state index is 5.79. The fourth-order valence-electron chi connectivity index (χ4n) is 1.10. The van der Waals surface area contributed by atoms with Crippen LogP contribution in [0.25, 0.3) is 5.69 Å². The Morgan fingerprint density at radius 2 is 2.23 bits per heavy atom. The van der Waals surface area contributed by atoms with Crippen molar-refractivity contribution in [3.8, 4) is 5.69 Å². The highest BCUT2D eigenvalue weighted by Gasteiger charge is 2.05. The molecule has 1 aromatic carbocycles. The first-order valence-corrected chi connectivity index (χ1v) is 4.49. The summed E-state index contributed by atoms with van der Waals surface area (Å²) < 4.78 is 2.53. The van der Waals surface area contributed by atoms with Gasteiger partial charge in [0.15, 0.2) is 0 Å².